The molecule has 0 spiro atoms. The van der Waals surface area contributed by atoms with Crippen molar-refractivity contribution in [1.29, 1.82) is 0 Å². The summed E-state index contributed by atoms with van der Waals surface area (Å²) < 4.78 is 5.24. The Kier molecular flexibility index (Phi) is 7.54. The number of benzene rings is 12. The molecule has 0 radical (unpaired) electrons. The first-order valence-electron chi connectivity index (χ1n) is 25.8. The summed E-state index contributed by atoms with van der Waals surface area (Å²) >= 11 is 0. The maximum absolute atomic E-state index is 4.64. The van der Waals surface area contributed by atoms with Crippen molar-refractivity contribution in [1.82, 2.24) is 19.1 Å². The van der Waals surface area contributed by atoms with Crippen molar-refractivity contribution in [3.8, 4) is 11.4 Å². The SMILES string of the molecule is c1cncc(N(c2cccnc2)c2ccc3c4c(-n5c6ccccc6c6ccccc65)c5c6ccc7c8cccc9cccc(c%10ccc(c5c(-n5c%11ccccc%11c%11ccccc%115)c4c4cccc2c43)c6c%107)c98)c1. The van der Waals surface area contributed by atoms with Crippen LogP contribution in [0, 0.1) is 0 Å². The van der Waals surface area contributed by atoms with Crippen LogP contribution in [-0.4, -0.2) is 19.1 Å². The van der Waals surface area contributed by atoms with Crippen LogP contribution >= 0.6 is 0 Å². The summed E-state index contributed by atoms with van der Waals surface area (Å²) in [5, 5.41) is 27.7. The third kappa shape index (κ3) is 4.93. The molecule has 18 aromatic rings. The van der Waals surface area contributed by atoms with E-state index in [9.17, 15) is 0 Å². The second kappa shape index (κ2) is 14.3. The van der Waals surface area contributed by atoms with Gasteiger partial charge in [-0.05, 0) is 125 Å². The first-order valence-corrected chi connectivity index (χ1v) is 25.8. The summed E-state index contributed by atoms with van der Waals surface area (Å²) in [6.45, 7) is 0. The van der Waals surface area contributed by atoms with E-state index < -0.39 is 0 Å². The molecular weight excluding hydrogens is 911 g/mol. The fraction of sp³-hybridized carbons (Fsp3) is 0. The van der Waals surface area contributed by atoms with Gasteiger partial charge in [0.2, 0.25) is 0 Å². The minimum atomic E-state index is 0.966. The number of nitrogens with zero attached hydrogens (tertiary/aromatic N) is 5. The van der Waals surface area contributed by atoms with Gasteiger partial charge in [-0.3, -0.25) is 9.97 Å². The molecule has 5 heteroatoms. The highest BCUT2D eigenvalue weighted by Crippen LogP contribution is 2.57. The van der Waals surface area contributed by atoms with E-state index in [0.717, 1.165) is 22.4 Å². The Balaban J connectivity index is 1.14. The van der Waals surface area contributed by atoms with Crippen LogP contribution in [0.5, 0.6) is 0 Å². The van der Waals surface area contributed by atoms with Crippen LogP contribution in [0.25, 0.3) is 152 Å². The zero-order chi connectivity index (χ0) is 48.6. The van der Waals surface area contributed by atoms with Gasteiger partial charge < -0.3 is 14.0 Å². The molecular formula is C70H39N5. The predicted octanol–water partition coefficient (Wildman–Crippen LogP) is 18.8. The number of anilines is 3. The van der Waals surface area contributed by atoms with Crippen LogP contribution in [0.4, 0.5) is 17.1 Å². The van der Waals surface area contributed by atoms with Crippen LogP contribution in [0.1, 0.15) is 0 Å². The Bertz CT molecular complexity index is 5020. The van der Waals surface area contributed by atoms with Crippen molar-refractivity contribution in [3.05, 3.63) is 237 Å². The van der Waals surface area contributed by atoms with Crippen LogP contribution in [0.15, 0.2) is 237 Å². The van der Waals surface area contributed by atoms with Gasteiger partial charge in [0.1, 0.15) is 0 Å². The smallest absolute Gasteiger partial charge is 0.0645 e. The third-order valence-electron chi connectivity index (χ3n) is 16.8. The first kappa shape index (κ1) is 39.5. The molecule has 4 aromatic heterocycles. The molecule has 0 N–H and O–H groups in total. The lowest BCUT2D eigenvalue weighted by Crippen LogP contribution is -2.10. The number of pyridine rings is 2. The number of hydrogen-bond acceptors (Lipinski definition) is 3. The fourth-order valence-corrected chi connectivity index (χ4v) is 14.1. The van der Waals surface area contributed by atoms with Crippen molar-refractivity contribution in [3.63, 3.8) is 0 Å². The van der Waals surface area contributed by atoms with Crippen LogP contribution in [-0.2, 0) is 0 Å². The van der Waals surface area contributed by atoms with Gasteiger partial charge in [0.25, 0.3) is 0 Å². The average Bonchev–Trinajstić information content (AvgIpc) is 4.25. The topological polar surface area (TPSA) is 38.9 Å². The van der Waals surface area contributed by atoms with Gasteiger partial charge in [0.05, 0.1) is 62.9 Å². The molecule has 0 unspecified atom stereocenters. The van der Waals surface area contributed by atoms with Gasteiger partial charge >= 0.3 is 0 Å². The van der Waals surface area contributed by atoms with E-state index in [4.69, 9.17) is 0 Å². The number of fused-ring (bicyclic) bond motifs is 14. The minimum Gasteiger partial charge on any atom is -0.308 e. The standard InChI is InChI=1S/C70H39N5/c1-5-26-56-43(18-1)44-19-2-6-27-57(44)74(56)69-65-52-25-11-24-51-60(73(41-16-12-36-71-38-41)42-17-13-37-72-39-42)35-34-53(62(51)52)66(65)70(75-58-28-7-3-20-45(58)46-21-4-8-29-59(46)75)68-55-33-31-50-48-23-10-15-40-14-9-22-47(61(40)48)49-30-32-54(67(68)69)64(55)63(49)50/h1-39H. The molecule has 14 aromatic carbocycles. The highest BCUT2D eigenvalue weighted by atomic mass is 15.2. The number of rotatable bonds is 5. The van der Waals surface area contributed by atoms with E-state index in [1.165, 1.54) is 147 Å². The van der Waals surface area contributed by atoms with E-state index in [0.29, 0.717) is 0 Å². The molecule has 0 aliphatic rings. The Labute approximate surface area is 427 Å². The van der Waals surface area contributed by atoms with E-state index in [-0.39, 0.29) is 0 Å². The maximum Gasteiger partial charge on any atom is 0.0645 e. The molecule has 0 amide bonds. The van der Waals surface area contributed by atoms with Gasteiger partial charge in [0, 0.05) is 60.9 Å². The molecule has 0 bridgehead atoms. The molecule has 0 atom stereocenters. The van der Waals surface area contributed by atoms with Gasteiger partial charge in [0.15, 0.2) is 0 Å². The summed E-state index contributed by atoms with van der Waals surface area (Å²) in [7, 11) is 0. The zero-order valence-corrected chi connectivity index (χ0v) is 40.3. The van der Waals surface area contributed by atoms with Crippen molar-refractivity contribution < 1.29 is 0 Å². The molecule has 344 valence electrons. The molecule has 0 fully saturated rings. The Morgan fingerprint density at radius 2 is 0.613 bits per heavy atom. The number of aromatic nitrogens is 4. The lowest BCUT2D eigenvalue weighted by molar-refractivity contribution is 1.20. The Morgan fingerprint density at radius 1 is 0.253 bits per heavy atom. The van der Waals surface area contributed by atoms with E-state index >= 15 is 0 Å². The first-order chi connectivity index (χ1) is 37.3. The molecule has 0 aliphatic heterocycles. The molecule has 75 heavy (non-hydrogen) atoms. The molecule has 5 nitrogen and oxygen atoms in total. The average molecular weight is 950 g/mol. The van der Waals surface area contributed by atoms with Gasteiger partial charge in [-0.2, -0.15) is 0 Å². The summed E-state index contributed by atoms with van der Waals surface area (Å²) in [6, 6.07) is 79.5. The lowest BCUT2D eigenvalue weighted by Gasteiger charge is -2.26. The van der Waals surface area contributed by atoms with Crippen LogP contribution in [0.2, 0.25) is 0 Å². The molecule has 18 rings (SSSR count). The highest BCUT2D eigenvalue weighted by Gasteiger charge is 2.32. The normalized spacial score (nSPS) is 12.5. The predicted molar refractivity (Wildman–Crippen MR) is 317 cm³/mol. The zero-order valence-electron chi connectivity index (χ0n) is 40.3. The van der Waals surface area contributed by atoms with Crippen molar-refractivity contribution >= 4 is 158 Å². The molecule has 0 aliphatic carbocycles. The summed E-state index contributed by atoms with van der Waals surface area (Å²) in [5.41, 5.74) is 10.1. The van der Waals surface area contributed by atoms with Crippen molar-refractivity contribution in [2.75, 3.05) is 4.90 Å². The Hall–Kier alpha value is -10.1. The quantitative estimate of drug-likeness (QED) is 0.127. The minimum absolute atomic E-state index is 0.966. The molecule has 0 saturated carbocycles. The number of para-hydroxylation sites is 4. The second-order valence-corrected chi connectivity index (χ2v) is 20.3. The summed E-state index contributed by atoms with van der Waals surface area (Å²) in [5.74, 6) is 0. The summed E-state index contributed by atoms with van der Waals surface area (Å²) in [4.78, 5) is 11.6. The number of hydrogen-bond donors (Lipinski definition) is 0. The van der Waals surface area contributed by atoms with E-state index in [1.54, 1.807) is 0 Å². The van der Waals surface area contributed by atoms with E-state index in [2.05, 4.69) is 224 Å². The van der Waals surface area contributed by atoms with Crippen molar-refractivity contribution in [2.45, 2.75) is 0 Å². The van der Waals surface area contributed by atoms with Crippen molar-refractivity contribution in [2.24, 2.45) is 0 Å². The summed E-state index contributed by atoms with van der Waals surface area (Å²) in [6.07, 6.45) is 7.57. The van der Waals surface area contributed by atoms with Crippen LogP contribution < -0.4 is 4.90 Å². The maximum atomic E-state index is 4.64. The Morgan fingerprint density at radius 3 is 1.09 bits per heavy atom. The molecule has 0 saturated heterocycles. The second-order valence-electron chi connectivity index (χ2n) is 20.3. The molecule has 4 heterocycles. The third-order valence-corrected chi connectivity index (χ3v) is 16.8. The lowest BCUT2D eigenvalue weighted by atomic mass is 9.89. The van der Waals surface area contributed by atoms with Gasteiger partial charge in [-0.15, -0.1) is 0 Å². The fourth-order valence-electron chi connectivity index (χ4n) is 14.1. The monoisotopic (exact) mass is 949 g/mol. The largest absolute Gasteiger partial charge is 0.308 e. The highest BCUT2D eigenvalue weighted by molar-refractivity contribution is 6.48. The van der Waals surface area contributed by atoms with Gasteiger partial charge in [-0.25, -0.2) is 0 Å². The van der Waals surface area contributed by atoms with Gasteiger partial charge in [-0.1, -0.05) is 158 Å². The van der Waals surface area contributed by atoms with Crippen LogP contribution in [0.3, 0.4) is 0 Å². The van der Waals surface area contributed by atoms with E-state index in [1.807, 2.05) is 36.9 Å².